The van der Waals surface area contributed by atoms with Gasteiger partial charge in [-0.05, 0) is 0 Å². The molecule has 2 N–H and O–H groups in total. The molecule has 0 fully saturated rings. The first-order valence-electron chi connectivity index (χ1n) is 4.46. The van der Waals surface area contributed by atoms with Crippen LogP contribution in [0.1, 0.15) is 11.4 Å². The smallest absolute Gasteiger partial charge is 0.184 e. The molecule has 1 rings (SSSR count). The monoisotopic (exact) mass is 285 g/mol. The molecule has 9 heteroatoms. The van der Waals surface area contributed by atoms with Gasteiger partial charge in [0.2, 0.25) is 0 Å². The Kier molecular flexibility index (Phi) is 4.74. The summed E-state index contributed by atoms with van der Waals surface area (Å²) in [5.41, 5.74) is 4.97. The van der Waals surface area contributed by atoms with Gasteiger partial charge in [0.15, 0.2) is 17.2 Å². The highest BCUT2D eigenvalue weighted by atomic mass is 32.2. The average molecular weight is 285 g/mol. The van der Waals surface area contributed by atoms with Crippen LogP contribution in [-0.2, 0) is 0 Å². The van der Waals surface area contributed by atoms with Gasteiger partial charge in [-0.2, -0.15) is 21.0 Å². The average Bonchev–Trinajstić information content (AvgIpc) is 2.40. The predicted molar refractivity (Wildman–Crippen MR) is 69.0 cm³/mol. The zero-order chi connectivity index (χ0) is 14.4. The minimum atomic E-state index is -0.220. The van der Waals surface area contributed by atoms with E-state index in [1.807, 2.05) is 0 Å². The lowest BCUT2D eigenvalue weighted by molar-refractivity contribution is 1.02. The molecule has 90 valence electrons. The van der Waals surface area contributed by atoms with Crippen molar-refractivity contribution in [3.05, 3.63) is 21.2 Å². The van der Waals surface area contributed by atoms with Crippen molar-refractivity contribution in [2.24, 2.45) is 0 Å². The second-order valence-electron chi connectivity index (χ2n) is 2.84. The van der Waals surface area contributed by atoms with Crippen LogP contribution in [0.25, 0.3) is 0 Å². The maximum absolute atomic E-state index is 8.91. The van der Waals surface area contributed by atoms with Crippen molar-refractivity contribution in [1.29, 1.82) is 21.0 Å². The molecule has 0 spiro atoms. The number of allylic oxidation sites excluding steroid dienone is 1. The molecule has 0 aromatic carbocycles. The molecule has 0 aliphatic carbocycles. The predicted octanol–water partition coefficient (Wildman–Crippen LogP) is 1.08. The Bertz CT molecular complexity index is 708. The van der Waals surface area contributed by atoms with Crippen LogP contribution in [0.4, 0.5) is 5.82 Å². The maximum atomic E-state index is 8.91. The second kappa shape index (κ2) is 6.28. The van der Waals surface area contributed by atoms with E-state index in [1.54, 1.807) is 24.3 Å². The molecular weight excluding hydrogens is 282 g/mol. The third-order valence-corrected chi connectivity index (χ3v) is 3.11. The number of aromatic nitrogens is 2. The number of hydrogen-bond acceptors (Lipinski definition) is 9. The molecule has 0 saturated carbocycles. The lowest BCUT2D eigenvalue weighted by atomic mass is 10.4. The number of anilines is 1. The maximum Gasteiger partial charge on any atom is 0.184 e. The van der Waals surface area contributed by atoms with Gasteiger partial charge >= 0.3 is 0 Å². The van der Waals surface area contributed by atoms with Gasteiger partial charge in [-0.25, -0.2) is 9.97 Å². The van der Waals surface area contributed by atoms with E-state index in [9.17, 15) is 0 Å². The third kappa shape index (κ3) is 3.14. The first kappa shape index (κ1) is 14.3. The molecular formula is C10H3N7S2. The SMILES string of the molecule is N#CC(C#N)=C(S)Sc1nc(N)c(C#N)nc1C#N. The van der Waals surface area contributed by atoms with Gasteiger partial charge in [0, 0.05) is 0 Å². The molecule has 0 amide bonds. The van der Waals surface area contributed by atoms with Gasteiger partial charge in [0.05, 0.1) is 4.24 Å². The summed E-state index contributed by atoms with van der Waals surface area (Å²) in [5, 5.41) is 35.1. The number of thioether (sulfide) groups is 1. The summed E-state index contributed by atoms with van der Waals surface area (Å²) in [4.78, 5) is 7.56. The van der Waals surface area contributed by atoms with Crippen LogP contribution in [0.5, 0.6) is 0 Å². The zero-order valence-corrected chi connectivity index (χ0v) is 10.8. The van der Waals surface area contributed by atoms with Crippen molar-refractivity contribution in [3.8, 4) is 24.3 Å². The Balaban J connectivity index is 3.33. The first-order valence-corrected chi connectivity index (χ1v) is 5.72. The normalized spacial score (nSPS) is 8.47. The molecule has 1 aromatic heterocycles. The summed E-state index contributed by atoms with van der Waals surface area (Å²) in [6, 6.07) is 6.76. The van der Waals surface area contributed by atoms with Crippen molar-refractivity contribution >= 4 is 30.2 Å². The quantitative estimate of drug-likeness (QED) is 0.466. The Morgan fingerprint density at radius 3 is 2.11 bits per heavy atom. The highest BCUT2D eigenvalue weighted by Gasteiger charge is 2.14. The van der Waals surface area contributed by atoms with Gasteiger partial charge in [-0.1, -0.05) is 11.8 Å². The van der Waals surface area contributed by atoms with E-state index in [2.05, 4.69) is 22.6 Å². The van der Waals surface area contributed by atoms with Gasteiger partial charge < -0.3 is 5.73 Å². The molecule has 0 bridgehead atoms. The molecule has 0 radical (unpaired) electrons. The molecule has 0 saturated heterocycles. The van der Waals surface area contributed by atoms with Crippen LogP contribution in [-0.4, -0.2) is 9.97 Å². The summed E-state index contributed by atoms with van der Waals surface area (Å²) in [5.74, 6) is -0.138. The molecule has 0 aliphatic heterocycles. The number of nitriles is 4. The number of thiol groups is 1. The molecule has 0 unspecified atom stereocenters. The summed E-state index contributed by atoms with van der Waals surface area (Å²) in [6.07, 6.45) is 0. The molecule has 1 aromatic rings. The highest BCUT2D eigenvalue weighted by molar-refractivity contribution is 8.15. The summed E-state index contributed by atoms with van der Waals surface area (Å²) < 4.78 is 0.0694. The Morgan fingerprint density at radius 1 is 1.05 bits per heavy atom. The van der Waals surface area contributed by atoms with Crippen LogP contribution < -0.4 is 5.73 Å². The zero-order valence-electron chi connectivity index (χ0n) is 9.12. The molecule has 0 aliphatic rings. The lowest BCUT2D eigenvalue weighted by Gasteiger charge is -2.04. The third-order valence-electron chi connectivity index (χ3n) is 1.73. The minimum absolute atomic E-state index is 0.0694. The summed E-state index contributed by atoms with van der Waals surface area (Å²) >= 11 is 4.78. The standard InChI is InChI=1S/C10H3N7S2/c11-1-5(2-12)10(18)19-9-7(4-14)16-6(3-13)8(15)17-9/h18H,(H2,15,17). The van der Waals surface area contributed by atoms with Gasteiger partial charge in [-0.3, -0.25) is 0 Å². The fourth-order valence-corrected chi connectivity index (χ4v) is 1.99. The molecule has 0 atom stereocenters. The van der Waals surface area contributed by atoms with Crippen LogP contribution in [0.15, 0.2) is 14.8 Å². The number of nitrogens with zero attached hydrogens (tertiary/aromatic N) is 6. The van der Waals surface area contributed by atoms with E-state index in [0.717, 1.165) is 11.8 Å². The number of rotatable bonds is 2. The molecule has 1 heterocycles. The first-order chi connectivity index (χ1) is 9.07. The summed E-state index contributed by atoms with van der Waals surface area (Å²) in [7, 11) is 0. The molecule has 7 nitrogen and oxygen atoms in total. The summed E-state index contributed by atoms with van der Waals surface area (Å²) in [6.45, 7) is 0. The lowest BCUT2D eigenvalue weighted by Crippen LogP contribution is -2.02. The van der Waals surface area contributed by atoms with Crippen molar-refractivity contribution in [3.63, 3.8) is 0 Å². The van der Waals surface area contributed by atoms with E-state index in [-0.39, 0.29) is 32.0 Å². The largest absolute Gasteiger partial charge is 0.381 e. The van der Waals surface area contributed by atoms with Gasteiger partial charge in [-0.15, -0.1) is 12.6 Å². The van der Waals surface area contributed by atoms with Gasteiger partial charge in [0.1, 0.15) is 34.9 Å². The van der Waals surface area contributed by atoms with E-state index in [4.69, 9.17) is 26.8 Å². The van der Waals surface area contributed by atoms with Crippen LogP contribution in [0.2, 0.25) is 0 Å². The van der Waals surface area contributed by atoms with Crippen molar-refractivity contribution in [2.75, 3.05) is 5.73 Å². The topological polar surface area (TPSA) is 147 Å². The fourth-order valence-electron chi connectivity index (χ4n) is 0.922. The second-order valence-corrected chi connectivity index (χ2v) is 4.59. The Morgan fingerprint density at radius 2 is 1.63 bits per heavy atom. The molecule has 19 heavy (non-hydrogen) atoms. The van der Waals surface area contributed by atoms with E-state index < -0.39 is 0 Å². The number of nitrogens with two attached hydrogens (primary N) is 1. The Hall–Kier alpha value is -2.72. The van der Waals surface area contributed by atoms with Gasteiger partial charge in [0.25, 0.3) is 0 Å². The highest BCUT2D eigenvalue weighted by Crippen LogP contribution is 2.32. The number of nitrogen functional groups attached to an aromatic ring is 1. The van der Waals surface area contributed by atoms with Crippen molar-refractivity contribution in [1.82, 2.24) is 9.97 Å². The number of hydrogen-bond donors (Lipinski definition) is 2. The van der Waals surface area contributed by atoms with Crippen LogP contribution >= 0.6 is 24.4 Å². The van der Waals surface area contributed by atoms with Crippen LogP contribution in [0.3, 0.4) is 0 Å². The van der Waals surface area contributed by atoms with Crippen molar-refractivity contribution < 1.29 is 0 Å². The van der Waals surface area contributed by atoms with E-state index in [1.165, 1.54) is 0 Å². The van der Waals surface area contributed by atoms with E-state index >= 15 is 0 Å². The van der Waals surface area contributed by atoms with Crippen molar-refractivity contribution in [2.45, 2.75) is 5.03 Å². The van der Waals surface area contributed by atoms with E-state index in [0.29, 0.717) is 0 Å². The minimum Gasteiger partial charge on any atom is -0.381 e. The fraction of sp³-hybridized carbons (Fsp3) is 0. The Labute approximate surface area is 118 Å². The van der Waals surface area contributed by atoms with Crippen LogP contribution in [0, 0.1) is 45.3 Å².